The maximum absolute atomic E-state index is 12.1. The molecule has 0 saturated carbocycles. The summed E-state index contributed by atoms with van der Waals surface area (Å²) in [6.07, 6.45) is 2.73. The molecule has 1 fully saturated rings. The number of nitrogens with one attached hydrogen (secondary N) is 1. The van der Waals surface area contributed by atoms with Gasteiger partial charge >= 0.3 is 14.1 Å². The molecule has 1 aromatic carbocycles. The van der Waals surface area contributed by atoms with Crippen molar-refractivity contribution in [3.05, 3.63) is 52.3 Å². The van der Waals surface area contributed by atoms with E-state index in [0.29, 0.717) is 16.4 Å². The highest BCUT2D eigenvalue weighted by Crippen LogP contribution is 2.40. The molecular formula is C24H30ClN3O6PS+. The number of phenols is 1. The van der Waals surface area contributed by atoms with E-state index in [9.17, 15) is 9.36 Å². The van der Waals surface area contributed by atoms with E-state index in [-0.39, 0.29) is 24.9 Å². The van der Waals surface area contributed by atoms with Crippen LogP contribution in [0.15, 0.2) is 36.5 Å². The third-order valence-corrected chi connectivity index (χ3v) is 7.38. The van der Waals surface area contributed by atoms with Gasteiger partial charge in [0.1, 0.15) is 23.9 Å². The van der Waals surface area contributed by atoms with Crippen LogP contribution in [0, 0.1) is 6.92 Å². The molecule has 12 heteroatoms. The minimum Gasteiger partial charge on any atom is -0.508 e. The number of aryl methyl sites for hydroxylation is 1. The van der Waals surface area contributed by atoms with Crippen LogP contribution in [-0.4, -0.2) is 45.9 Å². The number of pyridine rings is 1. The predicted octanol–water partition coefficient (Wildman–Crippen LogP) is 5.87. The SMILES string of the molecule is Cc1nc2c(Cl)ncc(C3CCC(CO[P+](=O)NC(C)C(=O)OC(C)C)O3)c2s1.Oc1ccccc1. The fourth-order valence-electron chi connectivity index (χ4n) is 3.46. The normalized spacial score (nSPS) is 18.6. The molecule has 1 saturated heterocycles. The molecule has 9 nitrogen and oxygen atoms in total. The Morgan fingerprint density at radius 3 is 2.67 bits per heavy atom. The molecule has 1 aliphatic heterocycles. The maximum atomic E-state index is 12.1. The molecule has 0 bridgehead atoms. The molecule has 194 valence electrons. The minimum atomic E-state index is -2.21. The second-order valence-corrected chi connectivity index (χ2v) is 11.1. The van der Waals surface area contributed by atoms with E-state index < -0.39 is 20.2 Å². The zero-order valence-corrected chi connectivity index (χ0v) is 23.0. The van der Waals surface area contributed by atoms with Crippen LogP contribution in [0.4, 0.5) is 0 Å². The zero-order chi connectivity index (χ0) is 26.2. The van der Waals surface area contributed by atoms with E-state index in [1.807, 2.05) is 13.0 Å². The Kier molecular flexibility index (Phi) is 10.5. The van der Waals surface area contributed by atoms with Crippen LogP contribution in [-0.2, 0) is 23.4 Å². The number of hydrogen-bond donors (Lipinski definition) is 2. The number of aromatic hydroxyl groups is 1. The molecule has 0 spiro atoms. The molecule has 4 atom stereocenters. The first-order valence-electron chi connectivity index (χ1n) is 11.5. The molecule has 0 aliphatic carbocycles. The summed E-state index contributed by atoms with van der Waals surface area (Å²) in [4.78, 5) is 20.4. The number of thiazole rings is 1. The van der Waals surface area contributed by atoms with Crippen LogP contribution in [0.1, 0.15) is 50.3 Å². The number of hydrogen-bond acceptors (Lipinski definition) is 9. The number of nitrogens with zero attached hydrogens (tertiary/aromatic N) is 2. The van der Waals surface area contributed by atoms with E-state index in [1.165, 1.54) is 0 Å². The number of fused-ring (bicyclic) bond motifs is 1. The summed E-state index contributed by atoms with van der Waals surface area (Å²) in [7, 11) is -2.21. The summed E-state index contributed by atoms with van der Waals surface area (Å²) in [6, 6.07) is 7.99. The van der Waals surface area contributed by atoms with E-state index in [2.05, 4.69) is 15.1 Å². The van der Waals surface area contributed by atoms with E-state index in [4.69, 9.17) is 30.7 Å². The van der Waals surface area contributed by atoms with Crippen LogP contribution in [0.5, 0.6) is 5.75 Å². The summed E-state index contributed by atoms with van der Waals surface area (Å²) in [5.74, 6) is -0.147. The van der Waals surface area contributed by atoms with Gasteiger partial charge in [-0.15, -0.1) is 15.9 Å². The lowest BCUT2D eigenvalue weighted by Crippen LogP contribution is -2.33. The van der Waals surface area contributed by atoms with Crippen molar-refractivity contribution in [2.45, 2.75) is 64.9 Å². The quantitative estimate of drug-likeness (QED) is 0.200. The van der Waals surface area contributed by atoms with Gasteiger partial charge in [-0.25, -0.2) is 9.97 Å². The fourth-order valence-corrected chi connectivity index (χ4v) is 5.47. The van der Waals surface area contributed by atoms with E-state index in [1.54, 1.807) is 62.6 Å². The van der Waals surface area contributed by atoms with Gasteiger partial charge < -0.3 is 14.6 Å². The molecule has 3 heterocycles. The second-order valence-electron chi connectivity index (χ2n) is 8.46. The van der Waals surface area contributed by atoms with Gasteiger partial charge in [0.15, 0.2) is 5.15 Å². The highest BCUT2D eigenvalue weighted by Gasteiger charge is 2.33. The summed E-state index contributed by atoms with van der Waals surface area (Å²) >= 11 is 7.72. The summed E-state index contributed by atoms with van der Waals surface area (Å²) in [5, 5.41) is 12.5. The van der Waals surface area contributed by atoms with Gasteiger partial charge in [0.25, 0.3) is 0 Å². The molecular weight excluding hydrogens is 525 g/mol. The lowest BCUT2D eigenvalue weighted by Gasteiger charge is -2.13. The Morgan fingerprint density at radius 2 is 2.03 bits per heavy atom. The molecule has 2 aromatic heterocycles. The summed E-state index contributed by atoms with van der Waals surface area (Å²) < 4.78 is 29.6. The summed E-state index contributed by atoms with van der Waals surface area (Å²) in [6.45, 7) is 7.19. The largest absolute Gasteiger partial charge is 0.613 e. The predicted molar refractivity (Wildman–Crippen MR) is 140 cm³/mol. The van der Waals surface area contributed by atoms with Crippen molar-refractivity contribution in [1.82, 2.24) is 15.1 Å². The van der Waals surface area contributed by atoms with Gasteiger partial charge in [-0.3, -0.25) is 4.79 Å². The maximum Gasteiger partial charge on any atom is 0.613 e. The Morgan fingerprint density at radius 1 is 1.31 bits per heavy atom. The lowest BCUT2D eigenvalue weighted by molar-refractivity contribution is -0.149. The highest BCUT2D eigenvalue weighted by atomic mass is 35.5. The van der Waals surface area contributed by atoms with Crippen LogP contribution in [0.3, 0.4) is 0 Å². The van der Waals surface area contributed by atoms with Gasteiger partial charge in [0.2, 0.25) is 0 Å². The van der Waals surface area contributed by atoms with Gasteiger partial charge in [0.05, 0.1) is 28.0 Å². The lowest BCUT2D eigenvalue weighted by atomic mass is 10.1. The first kappa shape index (κ1) is 28.4. The van der Waals surface area contributed by atoms with E-state index in [0.717, 1.165) is 28.1 Å². The minimum absolute atomic E-state index is 0.138. The molecule has 0 radical (unpaired) electrons. The van der Waals surface area contributed by atoms with Crippen molar-refractivity contribution in [3.63, 3.8) is 0 Å². The van der Waals surface area contributed by atoms with Gasteiger partial charge in [-0.2, -0.15) is 0 Å². The molecule has 4 unspecified atom stereocenters. The van der Waals surface area contributed by atoms with Gasteiger partial charge in [0, 0.05) is 11.8 Å². The first-order valence-corrected chi connectivity index (χ1v) is 13.9. The van der Waals surface area contributed by atoms with Crippen molar-refractivity contribution in [2.75, 3.05) is 6.61 Å². The fraction of sp³-hybridized carbons (Fsp3) is 0.458. The molecule has 0 amide bonds. The average Bonchev–Trinajstić information content (AvgIpc) is 3.45. The highest BCUT2D eigenvalue weighted by molar-refractivity contribution is 7.36. The molecule has 1 aliphatic rings. The second kappa shape index (κ2) is 13.4. The number of carbonyl (C=O) groups is 1. The summed E-state index contributed by atoms with van der Waals surface area (Å²) in [5.41, 5.74) is 1.66. The Bertz CT molecular complexity index is 1180. The van der Waals surface area contributed by atoms with Crippen LogP contribution >= 0.6 is 31.1 Å². The third kappa shape index (κ3) is 8.16. The van der Waals surface area contributed by atoms with E-state index >= 15 is 0 Å². The Balaban J connectivity index is 0.000000444. The monoisotopic (exact) mass is 554 g/mol. The Labute approximate surface area is 220 Å². The van der Waals surface area contributed by atoms with Gasteiger partial charge in [-0.1, -0.05) is 34.9 Å². The number of para-hydroxylation sites is 1. The van der Waals surface area contributed by atoms with Crippen molar-refractivity contribution in [2.24, 2.45) is 0 Å². The number of aromatic nitrogens is 2. The number of ether oxygens (including phenoxy) is 2. The zero-order valence-electron chi connectivity index (χ0n) is 20.5. The third-order valence-electron chi connectivity index (χ3n) is 5.10. The molecule has 3 aromatic rings. The van der Waals surface area contributed by atoms with Crippen molar-refractivity contribution in [3.8, 4) is 5.75 Å². The molecule has 4 rings (SSSR count). The molecule has 36 heavy (non-hydrogen) atoms. The number of carbonyl (C=O) groups excluding carboxylic acids is 1. The topological polar surface area (TPSA) is 120 Å². The number of rotatable bonds is 8. The van der Waals surface area contributed by atoms with Gasteiger partial charge in [-0.05, 0) is 57.2 Å². The van der Waals surface area contributed by atoms with Crippen molar-refractivity contribution < 1.29 is 28.5 Å². The van der Waals surface area contributed by atoms with Crippen LogP contribution in [0.2, 0.25) is 5.15 Å². The van der Waals surface area contributed by atoms with Crippen LogP contribution < -0.4 is 5.09 Å². The molecule has 2 N–H and O–H groups in total. The van der Waals surface area contributed by atoms with Crippen molar-refractivity contribution >= 4 is 47.3 Å². The van der Waals surface area contributed by atoms with Crippen LogP contribution in [0.25, 0.3) is 10.2 Å². The van der Waals surface area contributed by atoms with Crippen molar-refractivity contribution in [1.29, 1.82) is 0 Å². The Hall–Kier alpha value is -2.20. The number of benzene rings is 1. The number of halogens is 1. The standard InChI is InChI=1S/C18H24ClN3O5PS.C6H6O/c1-9(2)26-18(23)10(3)22-28(24)25-8-12-5-6-14(27-12)13-7-20-17(19)15-16(13)29-11(4)21-15;7-6-4-2-1-3-5-6/h7,9-10,12,14H,5-6,8H2,1-4H3,(H,22,24);1-5,7H/q+1;. The number of esters is 1. The first-order chi connectivity index (χ1) is 17.1. The number of phenolic OH excluding ortho intramolecular Hbond substituents is 1. The average molecular weight is 555 g/mol. The smallest absolute Gasteiger partial charge is 0.508 e.